The quantitative estimate of drug-likeness (QED) is 0.648. The van der Waals surface area contributed by atoms with Crippen LogP contribution in [0, 0.1) is 0 Å². The van der Waals surface area contributed by atoms with E-state index in [1.54, 1.807) is 0 Å². The van der Waals surface area contributed by atoms with E-state index < -0.39 is 0 Å². The van der Waals surface area contributed by atoms with Gasteiger partial charge in [-0.1, -0.05) is 66.7 Å². The Morgan fingerprint density at radius 1 is 1.04 bits per heavy atom. The third-order valence-electron chi connectivity index (χ3n) is 5.58. The van der Waals surface area contributed by atoms with Gasteiger partial charge < -0.3 is 9.26 Å². The number of morpholine rings is 1. The van der Waals surface area contributed by atoms with E-state index >= 15 is 0 Å². The summed E-state index contributed by atoms with van der Waals surface area (Å²) >= 11 is 0. The highest BCUT2D eigenvalue weighted by molar-refractivity contribution is 5.54. The van der Waals surface area contributed by atoms with E-state index in [0.29, 0.717) is 24.9 Å². The van der Waals surface area contributed by atoms with Gasteiger partial charge in [-0.05, 0) is 31.4 Å². The van der Waals surface area contributed by atoms with Gasteiger partial charge in [-0.3, -0.25) is 4.90 Å². The molecule has 1 saturated heterocycles. The SMILES string of the molecule is CCc1ccc(-c2noc(CN3C(C)COC(c4ccccc4)C3C)n2)cc1. The van der Waals surface area contributed by atoms with Crippen molar-refractivity contribution in [3.8, 4) is 11.4 Å². The minimum Gasteiger partial charge on any atom is -0.370 e. The zero-order valence-corrected chi connectivity index (χ0v) is 16.7. The second-order valence-electron chi connectivity index (χ2n) is 7.49. The molecule has 2 aromatic carbocycles. The van der Waals surface area contributed by atoms with Gasteiger partial charge in [-0.25, -0.2) is 0 Å². The van der Waals surface area contributed by atoms with Crippen molar-refractivity contribution >= 4 is 0 Å². The second kappa shape index (κ2) is 8.25. The predicted octanol–water partition coefficient (Wildman–Crippen LogP) is 4.65. The molecule has 0 amide bonds. The average molecular weight is 377 g/mol. The topological polar surface area (TPSA) is 51.4 Å². The molecule has 1 aromatic heterocycles. The summed E-state index contributed by atoms with van der Waals surface area (Å²) in [6.07, 6.45) is 1.06. The van der Waals surface area contributed by atoms with Gasteiger partial charge in [0.05, 0.1) is 19.3 Å². The summed E-state index contributed by atoms with van der Waals surface area (Å²) < 4.78 is 11.7. The van der Waals surface area contributed by atoms with Gasteiger partial charge in [-0.15, -0.1) is 0 Å². The van der Waals surface area contributed by atoms with Crippen LogP contribution in [0.4, 0.5) is 0 Å². The summed E-state index contributed by atoms with van der Waals surface area (Å²) in [7, 11) is 0. The summed E-state index contributed by atoms with van der Waals surface area (Å²) in [5.74, 6) is 1.29. The monoisotopic (exact) mass is 377 g/mol. The molecule has 5 heteroatoms. The van der Waals surface area contributed by atoms with Crippen LogP contribution in [0.1, 0.15) is 43.9 Å². The first-order valence-corrected chi connectivity index (χ1v) is 10.00. The van der Waals surface area contributed by atoms with Crippen LogP contribution in [0.15, 0.2) is 59.1 Å². The van der Waals surface area contributed by atoms with Crippen LogP contribution in [0.25, 0.3) is 11.4 Å². The molecule has 0 bridgehead atoms. The maximum absolute atomic E-state index is 6.14. The van der Waals surface area contributed by atoms with Gasteiger partial charge in [0.2, 0.25) is 11.7 Å². The molecule has 0 spiro atoms. The number of nitrogens with zero attached hydrogens (tertiary/aromatic N) is 3. The number of aryl methyl sites for hydroxylation is 1. The summed E-state index contributed by atoms with van der Waals surface area (Å²) in [4.78, 5) is 7.02. The highest BCUT2D eigenvalue weighted by Crippen LogP contribution is 2.32. The third-order valence-corrected chi connectivity index (χ3v) is 5.58. The number of aromatic nitrogens is 2. The van der Waals surface area contributed by atoms with Crippen molar-refractivity contribution in [2.75, 3.05) is 6.61 Å². The molecular weight excluding hydrogens is 350 g/mol. The summed E-state index contributed by atoms with van der Waals surface area (Å²) in [6, 6.07) is 19.2. The fraction of sp³-hybridized carbons (Fsp3) is 0.391. The molecular formula is C23H27N3O2. The maximum Gasteiger partial charge on any atom is 0.241 e. The van der Waals surface area contributed by atoms with E-state index in [1.165, 1.54) is 11.1 Å². The van der Waals surface area contributed by atoms with Gasteiger partial charge in [-0.2, -0.15) is 4.98 Å². The zero-order valence-electron chi connectivity index (χ0n) is 16.7. The van der Waals surface area contributed by atoms with E-state index in [1.807, 2.05) is 6.07 Å². The normalized spacial score (nSPS) is 23.0. The Morgan fingerprint density at radius 2 is 1.79 bits per heavy atom. The molecule has 5 nitrogen and oxygen atoms in total. The molecule has 28 heavy (non-hydrogen) atoms. The van der Waals surface area contributed by atoms with Crippen molar-refractivity contribution in [2.24, 2.45) is 0 Å². The zero-order chi connectivity index (χ0) is 19.5. The highest BCUT2D eigenvalue weighted by atomic mass is 16.5. The van der Waals surface area contributed by atoms with Gasteiger partial charge in [0, 0.05) is 17.6 Å². The Kier molecular flexibility index (Phi) is 5.55. The van der Waals surface area contributed by atoms with Gasteiger partial charge in [0.25, 0.3) is 0 Å². The lowest BCUT2D eigenvalue weighted by Crippen LogP contribution is -2.50. The molecule has 3 unspecified atom stereocenters. The van der Waals surface area contributed by atoms with Crippen molar-refractivity contribution < 1.29 is 9.26 Å². The number of ether oxygens (including phenoxy) is 1. The molecule has 1 fully saturated rings. The van der Waals surface area contributed by atoms with Crippen LogP contribution in [-0.4, -0.2) is 33.7 Å². The van der Waals surface area contributed by atoms with E-state index in [9.17, 15) is 0 Å². The molecule has 0 saturated carbocycles. The second-order valence-corrected chi connectivity index (χ2v) is 7.49. The van der Waals surface area contributed by atoms with Crippen molar-refractivity contribution in [1.29, 1.82) is 0 Å². The molecule has 0 aliphatic carbocycles. The van der Waals surface area contributed by atoms with Gasteiger partial charge >= 0.3 is 0 Å². The maximum atomic E-state index is 6.14. The predicted molar refractivity (Wildman–Crippen MR) is 109 cm³/mol. The number of benzene rings is 2. The lowest BCUT2D eigenvalue weighted by atomic mass is 9.98. The molecule has 0 radical (unpaired) electrons. The lowest BCUT2D eigenvalue weighted by molar-refractivity contribution is -0.102. The van der Waals surface area contributed by atoms with Gasteiger partial charge in [0.15, 0.2) is 0 Å². The van der Waals surface area contributed by atoms with E-state index in [-0.39, 0.29) is 18.2 Å². The Balaban J connectivity index is 1.50. The van der Waals surface area contributed by atoms with E-state index in [2.05, 4.69) is 84.3 Å². The lowest BCUT2D eigenvalue weighted by Gasteiger charge is -2.43. The summed E-state index contributed by atoms with van der Waals surface area (Å²) in [5.41, 5.74) is 3.49. The van der Waals surface area contributed by atoms with E-state index in [0.717, 1.165) is 12.0 Å². The van der Waals surface area contributed by atoms with Crippen LogP contribution in [0.2, 0.25) is 0 Å². The molecule has 1 aliphatic heterocycles. The van der Waals surface area contributed by atoms with Crippen LogP contribution >= 0.6 is 0 Å². The molecule has 4 rings (SSSR count). The summed E-state index contributed by atoms with van der Waals surface area (Å²) in [5, 5.41) is 4.19. The Bertz CT molecular complexity index is 892. The number of hydrogen-bond acceptors (Lipinski definition) is 5. The highest BCUT2D eigenvalue weighted by Gasteiger charge is 2.35. The molecule has 146 valence electrons. The van der Waals surface area contributed by atoms with Crippen molar-refractivity contribution in [3.63, 3.8) is 0 Å². The standard InChI is InChI=1S/C23H27N3O2/c1-4-18-10-12-20(13-11-18)23-24-21(28-25-23)14-26-16(2)15-27-22(17(26)3)19-8-6-5-7-9-19/h5-13,16-17,22H,4,14-15H2,1-3H3. The van der Waals surface area contributed by atoms with Crippen LogP contribution in [0.3, 0.4) is 0 Å². The molecule has 3 atom stereocenters. The van der Waals surface area contributed by atoms with Crippen molar-refractivity contribution in [1.82, 2.24) is 15.0 Å². The molecule has 1 aliphatic rings. The number of hydrogen-bond donors (Lipinski definition) is 0. The summed E-state index contributed by atoms with van der Waals surface area (Å²) in [6.45, 7) is 7.83. The fourth-order valence-electron chi connectivity index (χ4n) is 3.85. The first-order valence-electron chi connectivity index (χ1n) is 10.00. The Hall–Kier alpha value is -2.50. The Labute approximate surface area is 166 Å². The van der Waals surface area contributed by atoms with Crippen LogP contribution in [0.5, 0.6) is 0 Å². The van der Waals surface area contributed by atoms with Crippen LogP contribution in [-0.2, 0) is 17.7 Å². The largest absolute Gasteiger partial charge is 0.370 e. The minimum absolute atomic E-state index is 0.0429. The van der Waals surface area contributed by atoms with E-state index in [4.69, 9.17) is 9.26 Å². The smallest absolute Gasteiger partial charge is 0.241 e. The molecule has 0 N–H and O–H groups in total. The minimum atomic E-state index is 0.0429. The first kappa shape index (κ1) is 18.8. The number of rotatable bonds is 5. The fourth-order valence-corrected chi connectivity index (χ4v) is 3.85. The average Bonchev–Trinajstić information content (AvgIpc) is 3.20. The van der Waals surface area contributed by atoms with Gasteiger partial charge in [0.1, 0.15) is 0 Å². The third kappa shape index (κ3) is 3.86. The van der Waals surface area contributed by atoms with Crippen LogP contribution < -0.4 is 0 Å². The Morgan fingerprint density at radius 3 is 2.50 bits per heavy atom. The van der Waals surface area contributed by atoms with Crippen molar-refractivity contribution in [3.05, 3.63) is 71.6 Å². The first-order chi connectivity index (χ1) is 13.7. The molecule has 3 aromatic rings. The molecule has 2 heterocycles. The van der Waals surface area contributed by atoms with Crippen molar-refractivity contribution in [2.45, 2.75) is 51.9 Å².